The third-order valence-corrected chi connectivity index (χ3v) is 4.14. The summed E-state index contributed by atoms with van der Waals surface area (Å²) in [5.74, 6) is 6.58. The van der Waals surface area contributed by atoms with Crippen molar-refractivity contribution in [2.45, 2.75) is 84.6 Å². The van der Waals surface area contributed by atoms with E-state index >= 15 is 0 Å². The monoisotopic (exact) mass is 240 g/mol. The predicted octanol–water partition coefficient (Wildman–Crippen LogP) is 4.01. The highest BCUT2D eigenvalue weighted by Gasteiger charge is 2.22. The van der Waals surface area contributed by atoms with Crippen LogP contribution >= 0.6 is 0 Å². The molecule has 2 heteroatoms. The van der Waals surface area contributed by atoms with Gasteiger partial charge in [0.25, 0.3) is 0 Å². The van der Waals surface area contributed by atoms with Crippen LogP contribution in [0, 0.1) is 11.3 Å². The Morgan fingerprint density at radius 2 is 1.59 bits per heavy atom. The van der Waals surface area contributed by atoms with Gasteiger partial charge < -0.3 is 0 Å². The first kappa shape index (κ1) is 15.0. The molecule has 17 heavy (non-hydrogen) atoms. The van der Waals surface area contributed by atoms with Crippen molar-refractivity contribution >= 4 is 0 Å². The Labute approximate surface area is 108 Å². The van der Waals surface area contributed by atoms with Gasteiger partial charge in [0, 0.05) is 6.04 Å². The molecule has 2 nitrogen and oxygen atoms in total. The summed E-state index contributed by atoms with van der Waals surface area (Å²) in [6.45, 7) is 6.95. The number of hydrazine groups is 1. The molecule has 0 spiro atoms. The zero-order valence-corrected chi connectivity index (χ0v) is 12.1. The number of nitrogens with two attached hydrogens (primary N) is 1. The van der Waals surface area contributed by atoms with Crippen LogP contribution in [0.25, 0.3) is 0 Å². The third kappa shape index (κ3) is 6.42. The number of rotatable bonds is 4. The average molecular weight is 240 g/mol. The molecule has 0 aliphatic heterocycles. The van der Waals surface area contributed by atoms with Crippen LogP contribution in [0.4, 0.5) is 0 Å². The van der Waals surface area contributed by atoms with E-state index in [1.165, 1.54) is 57.8 Å². The van der Waals surface area contributed by atoms with Crippen molar-refractivity contribution in [2.75, 3.05) is 0 Å². The Balaban J connectivity index is 2.40. The highest BCUT2D eigenvalue weighted by molar-refractivity contribution is 4.78. The Kier molecular flexibility index (Phi) is 6.50. The number of hydrogen-bond donors (Lipinski definition) is 2. The third-order valence-electron chi connectivity index (χ3n) is 4.14. The summed E-state index contributed by atoms with van der Waals surface area (Å²) in [5.41, 5.74) is 3.52. The van der Waals surface area contributed by atoms with Crippen LogP contribution in [0.1, 0.15) is 78.6 Å². The van der Waals surface area contributed by atoms with Crippen LogP contribution in [0.3, 0.4) is 0 Å². The van der Waals surface area contributed by atoms with Gasteiger partial charge in [-0.1, -0.05) is 52.9 Å². The van der Waals surface area contributed by atoms with Crippen molar-refractivity contribution in [3.8, 4) is 0 Å². The average Bonchev–Trinajstić information content (AvgIpc) is 2.19. The number of hydrogen-bond acceptors (Lipinski definition) is 2. The molecule has 1 fully saturated rings. The van der Waals surface area contributed by atoms with Crippen molar-refractivity contribution in [1.29, 1.82) is 0 Å². The smallest absolute Gasteiger partial charge is 0.0238 e. The Morgan fingerprint density at radius 1 is 1.06 bits per heavy atom. The van der Waals surface area contributed by atoms with E-state index in [-0.39, 0.29) is 0 Å². The molecule has 0 aromatic heterocycles. The van der Waals surface area contributed by atoms with E-state index < -0.39 is 0 Å². The summed E-state index contributed by atoms with van der Waals surface area (Å²) in [5, 5.41) is 0. The Morgan fingerprint density at radius 3 is 2.06 bits per heavy atom. The fourth-order valence-electron chi connectivity index (χ4n) is 2.93. The Hall–Kier alpha value is -0.0800. The normalized spacial score (nSPS) is 21.9. The molecule has 1 aliphatic rings. The predicted molar refractivity (Wildman–Crippen MR) is 75.6 cm³/mol. The second-order valence-electron chi connectivity index (χ2n) is 6.98. The van der Waals surface area contributed by atoms with Crippen LogP contribution in [0.15, 0.2) is 0 Å². The summed E-state index contributed by atoms with van der Waals surface area (Å²) < 4.78 is 0. The molecule has 0 bridgehead atoms. The maximum atomic E-state index is 5.77. The molecular formula is C15H32N2. The first-order valence-corrected chi connectivity index (χ1v) is 7.49. The standard InChI is InChI=1S/C15H32N2/c1-15(2,3)12-11-14(17-16)13-9-7-5-4-6-8-10-13/h13-14,17H,4-12,16H2,1-3H3. The molecule has 1 atom stereocenters. The summed E-state index contributed by atoms with van der Waals surface area (Å²) in [4.78, 5) is 0. The quantitative estimate of drug-likeness (QED) is 0.575. The van der Waals surface area contributed by atoms with Gasteiger partial charge in [-0.2, -0.15) is 0 Å². The molecule has 0 aromatic rings. The lowest BCUT2D eigenvalue weighted by Gasteiger charge is -2.30. The van der Waals surface area contributed by atoms with Gasteiger partial charge in [-0.3, -0.25) is 11.3 Å². The molecule has 1 aliphatic carbocycles. The van der Waals surface area contributed by atoms with Crippen molar-refractivity contribution < 1.29 is 0 Å². The van der Waals surface area contributed by atoms with E-state index in [1.54, 1.807) is 0 Å². The molecular weight excluding hydrogens is 208 g/mol. The molecule has 0 amide bonds. The fraction of sp³-hybridized carbons (Fsp3) is 1.00. The Bertz CT molecular complexity index is 188. The molecule has 0 heterocycles. The van der Waals surface area contributed by atoms with Crippen molar-refractivity contribution in [2.24, 2.45) is 17.2 Å². The first-order chi connectivity index (χ1) is 8.03. The zero-order valence-electron chi connectivity index (χ0n) is 12.1. The van der Waals surface area contributed by atoms with Crippen LogP contribution < -0.4 is 11.3 Å². The van der Waals surface area contributed by atoms with Crippen LogP contribution in [0.2, 0.25) is 0 Å². The van der Waals surface area contributed by atoms with Gasteiger partial charge >= 0.3 is 0 Å². The van der Waals surface area contributed by atoms with E-state index in [4.69, 9.17) is 5.84 Å². The van der Waals surface area contributed by atoms with Crippen molar-refractivity contribution in [3.05, 3.63) is 0 Å². The van der Waals surface area contributed by atoms with Crippen molar-refractivity contribution in [1.82, 2.24) is 5.43 Å². The lowest BCUT2D eigenvalue weighted by molar-refractivity contribution is 0.243. The van der Waals surface area contributed by atoms with Gasteiger partial charge in [0.2, 0.25) is 0 Å². The van der Waals surface area contributed by atoms with Gasteiger partial charge in [0.15, 0.2) is 0 Å². The molecule has 0 saturated heterocycles. The lowest BCUT2D eigenvalue weighted by atomic mass is 9.81. The largest absolute Gasteiger partial charge is 0.271 e. The molecule has 3 N–H and O–H groups in total. The van der Waals surface area contributed by atoms with Gasteiger partial charge in [-0.25, -0.2) is 0 Å². The zero-order chi connectivity index (χ0) is 12.7. The van der Waals surface area contributed by atoms with Crippen molar-refractivity contribution in [3.63, 3.8) is 0 Å². The molecule has 1 unspecified atom stereocenters. The maximum Gasteiger partial charge on any atom is 0.0238 e. The van der Waals surface area contributed by atoms with Gasteiger partial charge in [0.1, 0.15) is 0 Å². The van der Waals surface area contributed by atoms with Crippen LogP contribution in [-0.2, 0) is 0 Å². The molecule has 1 saturated carbocycles. The molecule has 0 radical (unpaired) electrons. The minimum Gasteiger partial charge on any atom is -0.271 e. The summed E-state index contributed by atoms with van der Waals surface area (Å²) in [7, 11) is 0. The second-order valence-corrected chi connectivity index (χ2v) is 6.98. The maximum absolute atomic E-state index is 5.77. The van der Waals surface area contributed by atoms with Crippen LogP contribution in [0.5, 0.6) is 0 Å². The van der Waals surface area contributed by atoms with E-state index in [1.807, 2.05) is 0 Å². The molecule has 1 rings (SSSR count). The van der Waals surface area contributed by atoms with E-state index in [2.05, 4.69) is 26.2 Å². The van der Waals surface area contributed by atoms with E-state index in [9.17, 15) is 0 Å². The minimum atomic E-state index is 0.427. The van der Waals surface area contributed by atoms with E-state index in [0.717, 1.165) is 5.92 Å². The van der Waals surface area contributed by atoms with Crippen LogP contribution in [-0.4, -0.2) is 6.04 Å². The molecule has 0 aromatic carbocycles. The summed E-state index contributed by atoms with van der Waals surface area (Å²) in [6, 6.07) is 0.535. The van der Waals surface area contributed by atoms with Gasteiger partial charge in [-0.15, -0.1) is 0 Å². The summed E-state index contributed by atoms with van der Waals surface area (Å²) in [6.07, 6.45) is 12.3. The minimum absolute atomic E-state index is 0.427. The highest BCUT2D eigenvalue weighted by Crippen LogP contribution is 2.29. The topological polar surface area (TPSA) is 38.0 Å². The SMILES string of the molecule is CC(C)(C)CCC(NN)C1CCCCCCC1. The second kappa shape index (κ2) is 7.38. The number of nitrogens with one attached hydrogen (secondary N) is 1. The fourth-order valence-corrected chi connectivity index (χ4v) is 2.93. The first-order valence-electron chi connectivity index (χ1n) is 7.49. The molecule has 102 valence electrons. The van der Waals surface area contributed by atoms with Gasteiger partial charge in [-0.05, 0) is 37.0 Å². The van der Waals surface area contributed by atoms with Gasteiger partial charge in [0.05, 0.1) is 0 Å². The summed E-state index contributed by atoms with van der Waals surface area (Å²) >= 11 is 0. The highest BCUT2D eigenvalue weighted by atomic mass is 15.2. The lowest BCUT2D eigenvalue weighted by Crippen LogP contribution is -2.41. The van der Waals surface area contributed by atoms with E-state index in [0.29, 0.717) is 11.5 Å².